The summed E-state index contributed by atoms with van der Waals surface area (Å²) in [5.74, 6) is 1.23. The SMILES string of the molecule is CCOc1cc(NCc2ccco2)cc([N+](=O)[O-])c1. The number of anilines is 1. The highest BCUT2D eigenvalue weighted by molar-refractivity contribution is 5.56. The molecule has 2 aromatic rings. The smallest absolute Gasteiger partial charge is 0.275 e. The van der Waals surface area contributed by atoms with E-state index in [0.29, 0.717) is 24.6 Å². The van der Waals surface area contributed by atoms with Crippen LogP contribution < -0.4 is 10.1 Å². The minimum absolute atomic E-state index is 0.00658. The van der Waals surface area contributed by atoms with Gasteiger partial charge in [0.15, 0.2) is 0 Å². The predicted molar refractivity (Wildman–Crippen MR) is 70.3 cm³/mol. The molecule has 0 bridgehead atoms. The molecule has 0 spiro atoms. The summed E-state index contributed by atoms with van der Waals surface area (Å²) in [7, 11) is 0. The van der Waals surface area contributed by atoms with Crippen molar-refractivity contribution in [3.8, 4) is 5.75 Å². The zero-order chi connectivity index (χ0) is 13.7. The topological polar surface area (TPSA) is 77.5 Å². The second-order valence-electron chi connectivity index (χ2n) is 3.84. The standard InChI is InChI=1S/C13H14N2O4/c1-2-18-13-7-10(6-11(8-13)15(16)17)14-9-12-4-3-5-19-12/h3-8,14H,2,9H2,1H3. The maximum Gasteiger partial charge on any atom is 0.275 e. The normalized spacial score (nSPS) is 10.2. The van der Waals surface area contributed by atoms with Crippen LogP contribution >= 0.6 is 0 Å². The molecule has 19 heavy (non-hydrogen) atoms. The van der Waals surface area contributed by atoms with Crippen LogP contribution in [0.2, 0.25) is 0 Å². The van der Waals surface area contributed by atoms with Crippen molar-refractivity contribution in [3.05, 3.63) is 52.5 Å². The van der Waals surface area contributed by atoms with Gasteiger partial charge in [0.05, 0.1) is 30.4 Å². The van der Waals surface area contributed by atoms with E-state index in [1.807, 2.05) is 13.0 Å². The summed E-state index contributed by atoms with van der Waals surface area (Å²) in [6, 6.07) is 8.20. The zero-order valence-corrected chi connectivity index (χ0v) is 10.5. The lowest BCUT2D eigenvalue weighted by atomic mass is 10.2. The number of hydrogen-bond acceptors (Lipinski definition) is 5. The third-order valence-corrected chi connectivity index (χ3v) is 2.46. The Labute approximate surface area is 110 Å². The first-order valence-electron chi connectivity index (χ1n) is 5.87. The number of nitro groups is 1. The number of non-ortho nitro benzene ring substituents is 1. The Bertz CT molecular complexity index is 552. The van der Waals surface area contributed by atoms with Crippen molar-refractivity contribution < 1.29 is 14.1 Å². The number of nitrogens with zero attached hydrogens (tertiary/aromatic N) is 1. The Morgan fingerprint density at radius 2 is 2.26 bits per heavy atom. The third-order valence-electron chi connectivity index (χ3n) is 2.46. The van der Waals surface area contributed by atoms with E-state index in [-0.39, 0.29) is 5.69 Å². The molecule has 0 atom stereocenters. The molecule has 100 valence electrons. The molecule has 6 heteroatoms. The lowest BCUT2D eigenvalue weighted by Crippen LogP contribution is -2.01. The van der Waals surface area contributed by atoms with Gasteiger partial charge in [0.1, 0.15) is 11.5 Å². The quantitative estimate of drug-likeness (QED) is 0.639. The van der Waals surface area contributed by atoms with Crippen molar-refractivity contribution in [3.63, 3.8) is 0 Å². The van der Waals surface area contributed by atoms with Crippen LogP contribution in [0.3, 0.4) is 0 Å². The summed E-state index contributed by atoms with van der Waals surface area (Å²) < 4.78 is 10.5. The predicted octanol–water partition coefficient (Wildman–Crippen LogP) is 3.20. The molecule has 1 aromatic heterocycles. The molecule has 0 unspecified atom stereocenters. The van der Waals surface area contributed by atoms with E-state index < -0.39 is 4.92 Å². The molecule has 2 rings (SSSR count). The largest absolute Gasteiger partial charge is 0.494 e. The number of ether oxygens (including phenoxy) is 1. The van der Waals surface area contributed by atoms with Crippen LogP contribution in [0, 0.1) is 10.1 Å². The third kappa shape index (κ3) is 3.48. The van der Waals surface area contributed by atoms with Crippen molar-refractivity contribution >= 4 is 11.4 Å². The molecule has 0 radical (unpaired) electrons. The van der Waals surface area contributed by atoms with E-state index in [4.69, 9.17) is 9.15 Å². The highest BCUT2D eigenvalue weighted by Crippen LogP contribution is 2.26. The zero-order valence-electron chi connectivity index (χ0n) is 10.5. The average molecular weight is 262 g/mol. The number of benzene rings is 1. The fourth-order valence-corrected chi connectivity index (χ4v) is 1.64. The van der Waals surface area contributed by atoms with Gasteiger partial charge < -0.3 is 14.5 Å². The molecule has 6 nitrogen and oxygen atoms in total. The van der Waals surface area contributed by atoms with E-state index in [1.165, 1.54) is 12.1 Å². The Hall–Kier alpha value is -2.50. The van der Waals surface area contributed by atoms with Crippen molar-refractivity contribution in [1.29, 1.82) is 0 Å². The van der Waals surface area contributed by atoms with Gasteiger partial charge in [-0.2, -0.15) is 0 Å². The summed E-state index contributed by atoms with van der Waals surface area (Å²) in [5, 5.41) is 13.9. The first-order valence-corrected chi connectivity index (χ1v) is 5.87. The summed E-state index contributed by atoms with van der Waals surface area (Å²) in [6.45, 7) is 2.74. The van der Waals surface area contributed by atoms with Gasteiger partial charge in [-0.05, 0) is 19.1 Å². The van der Waals surface area contributed by atoms with Crippen molar-refractivity contribution in [2.45, 2.75) is 13.5 Å². The van der Waals surface area contributed by atoms with Gasteiger partial charge in [0.2, 0.25) is 0 Å². The van der Waals surface area contributed by atoms with E-state index in [0.717, 1.165) is 5.76 Å². The second kappa shape index (κ2) is 5.90. The maximum atomic E-state index is 10.8. The monoisotopic (exact) mass is 262 g/mol. The summed E-state index contributed by atoms with van der Waals surface area (Å²) in [5.41, 5.74) is 0.613. The van der Waals surface area contributed by atoms with Gasteiger partial charge in [0, 0.05) is 17.8 Å². The van der Waals surface area contributed by atoms with Crippen LogP contribution in [0.5, 0.6) is 5.75 Å². The van der Waals surface area contributed by atoms with E-state index in [2.05, 4.69) is 5.32 Å². The Kier molecular flexibility index (Phi) is 4.02. The minimum Gasteiger partial charge on any atom is -0.494 e. The van der Waals surface area contributed by atoms with Crippen LogP contribution in [-0.2, 0) is 6.54 Å². The molecule has 1 N–H and O–H groups in total. The first-order chi connectivity index (χ1) is 9.19. The number of furan rings is 1. The molecule has 0 aliphatic rings. The Morgan fingerprint density at radius 1 is 1.42 bits per heavy atom. The van der Waals surface area contributed by atoms with Gasteiger partial charge in [-0.3, -0.25) is 10.1 Å². The van der Waals surface area contributed by atoms with E-state index >= 15 is 0 Å². The molecular formula is C13H14N2O4. The fourth-order valence-electron chi connectivity index (χ4n) is 1.64. The molecular weight excluding hydrogens is 248 g/mol. The Balaban J connectivity index is 2.16. The Morgan fingerprint density at radius 3 is 2.89 bits per heavy atom. The van der Waals surface area contributed by atoms with Gasteiger partial charge in [-0.1, -0.05) is 0 Å². The van der Waals surface area contributed by atoms with Crippen LogP contribution in [0.25, 0.3) is 0 Å². The van der Waals surface area contributed by atoms with Gasteiger partial charge in [-0.15, -0.1) is 0 Å². The molecule has 0 amide bonds. The van der Waals surface area contributed by atoms with E-state index in [1.54, 1.807) is 18.4 Å². The van der Waals surface area contributed by atoms with Crippen molar-refractivity contribution in [2.75, 3.05) is 11.9 Å². The molecule has 0 aliphatic carbocycles. The molecule has 0 fully saturated rings. The lowest BCUT2D eigenvalue weighted by molar-refractivity contribution is -0.384. The van der Waals surface area contributed by atoms with Gasteiger partial charge in [-0.25, -0.2) is 0 Å². The van der Waals surface area contributed by atoms with Crippen molar-refractivity contribution in [2.24, 2.45) is 0 Å². The van der Waals surface area contributed by atoms with Crippen molar-refractivity contribution in [1.82, 2.24) is 0 Å². The van der Waals surface area contributed by atoms with Gasteiger partial charge in [0.25, 0.3) is 5.69 Å². The highest BCUT2D eigenvalue weighted by Gasteiger charge is 2.10. The molecule has 1 heterocycles. The molecule has 0 aliphatic heterocycles. The average Bonchev–Trinajstić information content (AvgIpc) is 2.89. The number of hydrogen-bond donors (Lipinski definition) is 1. The highest BCUT2D eigenvalue weighted by atomic mass is 16.6. The molecule has 0 saturated heterocycles. The fraction of sp³-hybridized carbons (Fsp3) is 0.231. The maximum absolute atomic E-state index is 10.8. The summed E-state index contributed by atoms with van der Waals surface area (Å²) in [4.78, 5) is 10.4. The van der Waals surface area contributed by atoms with Crippen LogP contribution in [-0.4, -0.2) is 11.5 Å². The number of nitro benzene ring substituents is 1. The van der Waals surface area contributed by atoms with Crippen LogP contribution in [0.15, 0.2) is 41.0 Å². The number of nitrogens with one attached hydrogen (secondary N) is 1. The van der Waals surface area contributed by atoms with Crippen LogP contribution in [0.1, 0.15) is 12.7 Å². The first kappa shape index (κ1) is 12.9. The van der Waals surface area contributed by atoms with E-state index in [9.17, 15) is 10.1 Å². The lowest BCUT2D eigenvalue weighted by Gasteiger charge is -2.08. The number of rotatable bonds is 6. The van der Waals surface area contributed by atoms with Gasteiger partial charge >= 0.3 is 0 Å². The van der Waals surface area contributed by atoms with Crippen LogP contribution in [0.4, 0.5) is 11.4 Å². The summed E-state index contributed by atoms with van der Waals surface area (Å²) >= 11 is 0. The molecule has 1 aromatic carbocycles. The second-order valence-corrected chi connectivity index (χ2v) is 3.84. The minimum atomic E-state index is -0.444. The molecule has 0 saturated carbocycles. The summed E-state index contributed by atoms with van der Waals surface area (Å²) in [6.07, 6.45) is 1.58.